The quantitative estimate of drug-likeness (QED) is 0.776. The van der Waals surface area contributed by atoms with Gasteiger partial charge in [-0.15, -0.1) is 0 Å². The molecule has 0 amide bonds. The minimum absolute atomic E-state index is 0.524. The van der Waals surface area contributed by atoms with Crippen LogP contribution in [0.2, 0.25) is 0 Å². The molecule has 0 saturated heterocycles. The van der Waals surface area contributed by atoms with E-state index in [4.69, 9.17) is 0 Å². The molecule has 19 heavy (non-hydrogen) atoms. The lowest BCUT2D eigenvalue weighted by Crippen LogP contribution is -2.03. The molecule has 0 aliphatic heterocycles. The molecule has 0 radical (unpaired) electrons. The highest BCUT2D eigenvalue weighted by Gasteiger charge is 2.11. The Hall–Kier alpha value is -2.33. The largest absolute Gasteiger partial charge is 0.388 e. The van der Waals surface area contributed by atoms with Crippen molar-refractivity contribution in [2.75, 3.05) is 0 Å². The topological polar surface area (TPSA) is 58.9 Å². The number of hydrogen-bond donors (Lipinski definition) is 1. The van der Waals surface area contributed by atoms with Crippen LogP contribution in [0.5, 0.6) is 0 Å². The minimum atomic E-state index is -0.605. The first kappa shape index (κ1) is 11.7. The van der Waals surface area contributed by atoms with E-state index in [0.717, 1.165) is 22.0 Å². The SMILES string of the molecule is OC(Cc1ccnc2ccccc12)c1cncnc1. The fourth-order valence-electron chi connectivity index (χ4n) is 2.14. The first-order valence-electron chi connectivity index (χ1n) is 6.10. The fourth-order valence-corrected chi connectivity index (χ4v) is 2.14. The smallest absolute Gasteiger partial charge is 0.115 e. The van der Waals surface area contributed by atoms with Crippen molar-refractivity contribution in [3.8, 4) is 0 Å². The molecule has 0 aliphatic carbocycles. The molecule has 94 valence electrons. The van der Waals surface area contributed by atoms with Crippen LogP contribution in [0.1, 0.15) is 17.2 Å². The van der Waals surface area contributed by atoms with Gasteiger partial charge in [0.2, 0.25) is 0 Å². The summed E-state index contributed by atoms with van der Waals surface area (Å²) in [6.07, 6.45) is 6.43. The van der Waals surface area contributed by atoms with Gasteiger partial charge in [-0.2, -0.15) is 0 Å². The van der Waals surface area contributed by atoms with E-state index in [1.54, 1.807) is 18.6 Å². The highest BCUT2D eigenvalue weighted by molar-refractivity contribution is 5.81. The van der Waals surface area contributed by atoms with Crippen LogP contribution >= 0.6 is 0 Å². The molecule has 2 aromatic heterocycles. The van der Waals surface area contributed by atoms with Gasteiger partial charge in [-0.3, -0.25) is 4.98 Å². The lowest BCUT2D eigenvalue weighted by Gasteiger charge is -2.11. The monoisotopic (exact) mass is 251 g/mol. The van der Waals surface area contributed by atoms with E-state index >= 15 is 0 Å². The van der Waals surface area contributed by atoms with Crippen molar-refractivity contribution in [2.24, 2.45) is 0 Å². The van der Waals surface area contributed by atoms with Gasteiger partial charge in [-0.1, -0.05) is 18.2 Å². The number of hydrogen-bond acceptors (Lipinski definition) is 4. The van der Waals surface area contributed by atoms with Crippen LogP contribution in [0.4, 0.5) is 0 Å². The molecule has 0 aliphatic rings. The first-order chi connectivity index (χ1) is 9.34. The van der Waals surface area contributed by atoms with E-state index in [1.165, 1.54) is 6.33 Å². The first-order valence-corrected chi connectivity index (χ1v) is 6.10. The Morgan fingerprint density at radius 2 is 1.84 bits per heavy atom. The van der Waals surface area contributed by atoms with Crippen LogP contribution in [0, 0.1) is 0 Å². The van der Waals surface area contributed by atoms with Crippen molar-refractivity contribution in [2.45, 2.75) is 12.5 Å². The zero-order valence-corrected chi connectivity index (χ0v) is 10.3. The molecule has 0 bridgehead atoms. The molecular weight excluding hydrogens is 238 g/mol. The van der Waals surface area contributed by atoms with Crippen LogP contribution in [-0.4, -0.2) is 20.1 Å². The Morgan fingerprint density at radius 1 is 1.05 bits per heavy atom. The summed E-state index contributed by atoms with van der Waals surface area (Å²) < 4.78 is 0. The molecule has 4 nitrogen and oxygen atoms in total. The number of para-hydroxylation sites is 1. The Morgan fingerprint density at radius 3 is 2.68 bits per heavy atom. The van der Waals surface area contributed by atoms with Crippen molar-refractivity contribution < 1.29 is 5.11 Å². The Kier molecular flexibility index (Phi) is 3.16. The second-order valence-corrected chi connectivity index (χ2v) is 4.38. The normalized spacial score (nSPS) is 12.5. The molecule has 1 atom stereocenters. The van der Waals surface area contributed by atoms with E-state index in [1.807, 2.05) is 30.3 Å². The van der Waals surface area contributed by atoms with Gasteiger partial charge in [-0.05, 0) is 17.7 Å². The van der Waals surface area contributed by atoms with E-state index in [2.05, 4.69) is 15.0 Å². The predicted octanol–water partition coefficient (Wildman–Crippen LogP) is 2.30. The molecule has 1 unspecified atom stereocenters. The summed E-state index contributed by atoms with van der Waals surface area (Å²) in [5.41, 5.74) is 2.74. The Bertz CT molecular complexity index is 680. The van der Waals surface area contributed by atoms with Crippen molar-refractivity contribution in [3.05, 3.63) is 66.4 Å². The zero-order valence-electron chi connectivity index (χ0n) is 10.3. The predicted molar refractivity (Wildman–Crippen MR) is 72.4 cm³/mol. The van der Waals surface area contributed by atoms with Crippen molar-refractivity contribution in [1.82, 2.24) is 15.0 Å². The summed E-state index contributed by atoms with van der Waals surface area (Å²) in [6.45, 7) is 0. The van der Waals surface area contributed by atoms with Gasteiger partial charge in [0.15, 0.2) is 0 Å². The van der Waals surface area contributed by atoms with Gasteiger partial charge in [0.25, 0.3) is 0 Å². The summed E-state index contributed by atoms with van der Waals surface area (Å²) in [6, 6.07) is 9.87. The molecule has 3 rings (SSSR count). The molecule has 0 saturated carbocycles. The summed E-state index contributed by atoms with van der Waals surface area (Å²) in [4.78, 5) is 12.2. The number of fused-ring (bicyclic) bond motifs is 1. The van der Waals surface area contributed by atoms with Crippen molar-refractivity contribution in [1.29, 1.82) is 0 Å². The third-order valence-corrected chi connectivity index (χ3v) is 3.12. The maximum absolute atomic E-state index is 10.2. The number of nitrogens with zero attached hydrogens (tertiary/aromatic N) is 3. The molecule has 0 spiro atoms. The molecule has 4 heteroatoms. The highest BCUT2D eigenvalue weighted by Crippen LogP contribution is 2.22. The van der Waals surface area contributed by atoms with Gasteiger partial charge in [0.1, 0.15) is 6.33 Å². The summed E-state index contributed by atoms with van der Waals surface area (Å²) in [5, 5.41) is 11.3. The van der Waals surface area contributed by atoms with Gasteiger partial charge in [-0.25, -0.2) is 9.97 Å². The third kappa shape index (κ3) is 2.44. The summed E-state index contributed by atoms with van der Waals surface area (Å²) in [7, 11) is 0. The maximum atomic E-state index is 10.2. The van der Waals surface area contributed by atoms with Gasteiger partial charge < -0.3 is 5.11 Å². The number of aliphatic hydroxyl groups is 1. The number of aliphatic hydroxyl groups excluding tert-OH is 1. The van der Waals surface area contributed by atoms with Crippen LogP contribution in [0.25, 0.3) is 10.9 Å². The van der Waals surface area contributed by atoms with Crippen LogP contribution < -0.4 is 0 Å². The average Bonchev–Trinajstić information content (AvgIpc) is 2.48. The standard InChI is InChI=1S/C15H13N3O/c19-15(12-8-16-10-17-9-12)7-11-5-6-18-14-4-2-1-3-13(11)14/h1-6,8-10,15,19H,7H2. The van der Waals surface area contributed by atoms with E-state index in [-0.39, 0.29) is 0 Å². The summed E-state index contributed by atoms with van der Waals surface area (Å²) in [5.74, 6) is 0. The third-order valence-electron chi connectivity index (χ3n) is 3.12. The number of rotatable bonds is 3. The lowest BCUT2D eigenvalue weighted by molar-refractivity contribution is 0.178. The van der Waals surface area contributed by atoms with E-state index in [0.29, 0.717) is 6.42 Å². The van der Waals surface area contributed by atoms with Gasteiger partial charge in [0, 0.05) is 36.0 Å². The molecule has 1 N–H and O–H groups in total. The van der Waals surface area contributed by atoms with Gasteiger partial charge in [0.05, 0.1) is 11.6 Å². The number of aromatic nitrogens is 3. The second-order valence-electron chi connectivity index (χ2n) is 4.38. The fraction of sp³-hybridized carbons (Fsp3) is 0.133. The van der Waals surface area contributed by atoms with Gasteiger partial charge >= 0.3 is 0 Å². The van der Waals surface area contributed by atoms with Crippen molar-refractivity contribution >= 4 is 10.9 Å². The Balaban J connectivity index is 1.94. The van der Waals surface area contributed by atoms with E-state index < -0.39 is 6.10 Å². The molecule has 3 aromatic rings. The number of benzene rings is 1. The van der Waals surface area contributed by atoms with Crippen LogP contribution in [0.3, 0.4) is 0 Å². The molecule has 0 fully saturated rings. The molecular formula is C15H13N3O. The lowest BCUT2D eigenvalue weighted by atomic mass is 10.0. The highest BCUT2D eigenvalue weighted by atomic mass is 16.3. The Labute approximate surface area is 110 Å². The molecule has 1 aromatic carbocycles. The minimum Gasteiger partial charge on any atom is -0.388 e. The average molecular weight is 251 g/mol. The molecule has 2 heterocycles. The second kappa shape index (κ2) is 5.12. The van der Waals surface area contributed by atoms with Crippen molar-refractivity contribution in [3.63, 3.8) is 0 Å². The maximum Gasteiger partial charge on any atom is 0.115 e. The zero-order chi connectivity index (χ0) is 13.1. The van der Waals surface area contributed by atoms with Crippen LogP contribution in [-0.2, 0) is 6.42 Å². The van der Waals surface area contributed by atoms with Crippen LogP contribution in [0.15, 0.2) is 55.2 Å². The van der Waals surface area contributed by atoms with E-state index in [9.17, 15) is 5.11 Å². The summed E-state index contributed by atoms with van der Waals surface area (Å²) >= 11 is 0. The number of pyridine rings is 1.